The lowest BCUT2D eigenvalue weighted by Gasteiger charge is -2.38. The van der Waals surface area contributed by atoms with Gasteiger partial charge in [-0.3, -0.25) is 14.4 Å². The number of nitrogens with one attached hydrogen (secondary N) is 2. The molecule has 0 radical (unpaired) electrons. The van der Waals surface area contributed by atoms with E-state index in [1.807, 2.05) is 13.8 Å². The largest absolute Gasteiger partial charge is 0.396 e. The van der Waals surface area contributed by atoms with E-state index in [0.29, 0.717) is 19.4 Å². The van der Waals surface area contributed by atoms with Gasteiger partial charge >= 0.3 is 0 Å². The van der Waals surface area contributed by atoms with Gasteiger partial charge in [-0.2, -0.15) is 0 Å². The van der Waals surface area contributed by atoms with Gasteiger partial charge in [-0.15, -0.1) is 11.8 Å². The highest BCUT2D eigenvalue weighted by Gasteiger charge is 2.77. The van der Waals surface area contributed by atoms with Gasteiger partial charge in [-0.05, 0) is 58.3 Å². The van der Waals surface area contributed by atoms with Crippen LogP contribution in [0.2, 0.25) is 0 Å². The molecule has 0 aromatic rings. The second kappa shape index (κ2) is 8.49. The third-order valence-electron chi connectivity index (χ3n) is 7.29. The molecule has 7 nitrogen and oxygen atoms in total. The molecule has 2 bridgehead atoms. The van der Waals surface area contributed by atoms with E-state index in [1.54, 1.807) is 23.7 Å². The SMILES string of the molecule is CNC(=O)[C@H]1[C@H]2C(=O)N(CCCCO)C(C(=O)NC(C)(C)CC(C)(C)C)C23CC[C@]1(C)S3. The van der Waals surface area contributed by atoms with Gasteiger partial charge in [0.05, 0.1) is 16.6 Å². The van der Waals surface area contributed by atoms with Crippen LogP contribution in [0.1, 0.15) is 73.6 Å². The topological polar surface area (TPSA) is 98.7 Å². The van der Waals surface area contributed by atoms with Crippen LogP contribution < -0.4 is 10.6 Å². The van der Waals surface area contributed by atoms with E-state index in [1.165, 1.54) is 0 Å². The van der Waals surface area contributed by atoms with E-state index >= 15 is 0 Å². The van der Waals surface area contributed by atoms with Crippen molar-refractivity contribution in [3.63, 3.8) is 0 Å². The highest BCUT2D eigenvalue weighted by Crippen LogP contribution is 2.71. The molecular weight excluding hydrogens is 426 g/mol. The highest BCUT2D eigenvalue weighted by molar-refractivity contribution is 8.02. The first-order valence-corrected chi connectivity index (χ1v) is 12.7. The maximum atomic E-state index is 13.8. The minimum atomic E-state index is -0.598. The smallest absolute Gasteiger partial charge is 0.244 e. The summed E-state index contributed by atoms with van der Waals surface area (Å²) in [5.41, 5.74) is -0.377. The maximum absolute atomic E-state index is 13.8. The number of amides is 3. The minimum Gasteiger partial charge on any atom is -0.396 e. The lowest BCUT2D eigenvalue weighted by molar-refractivity contribution is -0.140. The third kappa shape index (κ3) is 4.29. The van der Waals surface area contributed by atoms with Gasteiger partial charge in [0.2, 0.25) is 17.7 Å². The number of aliphatic hydroxyl groups excluding tert-OH is 1. The van der Waals surface area contributed by atoms with E-state index in [2.05, 4.69) is 38.3 Å². The number of unbranched alkanes of at least 4 members (excludes halogenated alkanes) is 1. The summed E-state index contributed by atoms with van der Waals surface area (Å²) in [7, 11) is 1.62. The van der Waals surface area contributed by atoms with Gasteiger partial charge in [0.1, 0.15) is 6.04 Å². The molecule has 3 saturated heterocycles. The Morgan fingerprint density at radius 2 is 1.81 bits per heavy atom. The van der Waals surface area contributed by atoms with E-state index in [-0.39, 0.29) is 34.5 Å². The van der Waals surface area contributed by atoms with Gasteiger partial charge in [-0.1, -0.05) is 20.8 Å². The van der Waals surface area contributed by atoms with Gasteiger partial charge in [0.15, 0.2) is 0 Å². The first kappa shape index (κ1) is 25.3. The van der Waals surface area contributed by atoms with Crippen molar-refractivity contribution < 1.29 is 19.5 Å². The summed E-state index contributed by atoms with van der Waals surface area (Å²) in [5, 5.41) is 15.3. The molecule has 0 aromatic carbocycles. The summed E-state index contributed by atoms with van der Waals surface area (Å²) in [6.45, 7) is 13.1. The Balaban J connectivity index is 1.97. The zero-order chi connectivity index (χ0) is 24.1. The van der Waals surface area contributed by atoms with Crippen LogP contribution in [0.15, 0.2) is 0 Å². The zero-order valence-corrected chi connectivity index (χ0v) is 21.5. The number of hydrogen-bond donors (Lipinski definition) is 3. The summed E-state index contributed by atoms with van der Waals surface area (Å²) < 4.78 is -0.915. The Bertz CT molecular complexity index is 780. The molecule has 3 fully saturated rings. The fraction of sp³-hybridized carbons (Fsp3) is 0.875. The molecule has 32 heavy (non-hydrogen) atoms. The minimum absolute atomic E-state index is 0.0439. The highest BCUT2D eigenvalue weighted by atomic mass is 32.2. The van der Waals surface area contributed by atoms with Crippen molar-refractivity contribution in [3.8, 4) is 0 Å². The number of hydrogen-bond acceptors (Lipinski definition) is 5. The number of nitrogens with zero attached hydrogens (tertiary/aromatic N) is 1. The average molecular weight is 468 g/mol. The summed E-state index contributed by atoms with van der Waals surface area (Å²) in [6.07, 6.45) is 3.59. The summed E-state index contributed by atoms with van der Waals surface area (Å²) in [6, 6.07) is -0.598. The van der Waals surface area contributed by atoms with Crippen LogP contribution in [0.25, 0.3) is 0 Å². The molecule has 1 spiro atoms. The van der Waals surface area contributed by atoms with Crippen molar-refractivity contribution in [3.05, 3.63) is 0 Å². The summed E-state index contributed by atoms with van der Waals surface area (Å²) in [4.78, 5) is 42.2. The molecule has 3 heterocycles. The number of fused-ring (bicyclic) bond motifs is 1. The Morgan fingerprint density at radius 3 is 2.38 bits per heavy atom. The molecule has 3 N–H and O–H groups in total. The van der Waals surface area contributed by atoms with E-state index < -0.39 is 28.2 Å². The van der Waals surface area contributed by atoms with Gasteiger partial charge < -0.3 is 20.6 Å². The molecular formula is C24H41N3O4S. The lowest BCUT2D eigenvalue weighted by Crippen LogP contribution is -2.58. The van der Waals surface area contributed by atoms with E-state index in [9.17, 15) is 19.5 Å². The number of rotatable bonds is 8. The van der Waals surface area contributed by atoms with Gasteiger partial charge in [-0.25, -0.2) is 0 Å². The normalized spacial score (nSPS) is 34.1. The Kier molecular flexibility index (Phi) is 6.73. The molecule has 0 aromatic heterocycles. The third-order valence-corrected chi connectivity index (χ3v) is 9.28. The van der Waals surface area contributed by atoms with Crippen molar-refractivity contribution in [1.29, 1.82) is 0 Å². The second-order valence-electron chi connectivity index (χ2n) is 11.9. The number of thioether (sulfide) groups is 1. The maximum Gasteiger partial charge on any atom is 0.244 e. The molecule has 3 rings (SSSR count). The predicted octanol–water partition coefficient (Wildman–Crippen LogP) is 2.32. The van der Waals surface area contributed by atoms with Crippen LogP contribution in [-0.2, 0) is 14.4 Å². The molecule has 0 saturated carbocycles. The summed E-state index contributed by atoms with van der Waals surface area (Å²) >= 11 is 1.69. The molecule has 3 aliphatic rings. The van der Waals surface area contributed by atoms with Crippen molar-refractivity contribution in [2.75, 3.05) is 20.2 Å². The van der Waals surface area contributed by atoms with Gasteiger partial charge in [0.25, 0.3) is 0 Å². The standard InChI is InChI=1S/C24H41N3O4S/c1-21(2,3)14-22(4,5)26-19(30)17-24-11-10-23(6,32-24)15(18(29)25-7)16(24)20(31)27(17)12-8-9-13-28/h15-17,28H,8-14H2,1-7H3,(H,25,29)(H,26,30)/t15-,16+,17?,23+,24?/m1/s1. The van der Waals surface area contributed by atoms with Crippen LogP contribution >= 0.6 is 11.8 Å². The van der Waals surface area contributed by atoms with Crippen molar-refractivity contribution in [2.24, 2.45) is 17.3 Å². The van der Waals surface area contributed by atoms with Crippen LogP contribution in [0.5, 0.6) is 0 Å². The van der Waals surface area contributed by atoms with Gasteiger partial charge in [0, 0.05) is 30.5 Å². The second-order valence-corrected chi connectivity index (χ2v) is 13.8. The Labute approximate surface area is 196 Å². The molecule has 3 amide bonds. The van der Waals surface area contributed by atoms with Crippen LogP contribution in [0, 0.1) is 17.3 Å². The first-order valence-electron chi connectivity index (χ1n) is 11.9. The molecule has 8 heteroatoms. The number of likely N-dealkylation sites (tertiary alicyclic amines) is 1. The molecule has 3 aliphatic heterocycles. The average Bonchev–Trinajstić information content (AvgIpc) is 3.20. The zero-order valence-electron chi connectivity index (χ0n) is 20.7. The molecule has 0 aliphatic carbocycles. The molecule has 5 atom stereocenters. The van der Waals surface area contributed by atoms with Crippen molar-refractivity contribution >= 4 is 29.5 Å². The van der Waals surface area contributed by atoms with E-state index in [4.69, 9.17) is 0 Å². The fourth-order valence-electron chi connectivity index (χ4n) is 6.69. The number of aliphatic hydroxyl groups is 1. The number of carbonyl (C=O) groups excluding carboxylic acids is 3. The van der Waals surface area contributed by atoms with Crippen molar-refractivity contribution in [1.82, 2.24) is 15.5 Å². The van der Waals surface area contributed by atoms with E-state index in [0.717, 1.165) is 19.3 Å². The van der Waals surface area contributed by atoms with Crippen molar-refractivity contribution in [2.45, 2.75) is 94.7 Å². The fourth-order valence-corrected chi connectivity index (χ4v) is 9.05. The lowest BCUT2D eigenvalue weighted by atomic mass is 9.66. The number of carbonyl (C=O) groups is 3. The Hall–Kier alpha value is -1.28. The molecule has 2 unspecified atom stereocenters. The predicted molar refractivity (Wildman–Crippen MR) is 127 cm³/mol. The van der Waals surface area contributed by atoms with Crippen LogP contribution in [-0.4, -0.2) is 69.0 Å². The monoisotopic (exact) mass is 467 g/mol. The quantitative estimate of drug-likeness (QED) is 0.476. The van der Waals surface area contributed by atoms with Crippen LogP contribution in [0.3, 0.4) is 0 Å². The first-order chi connectivity index (χ1) is 14.7. The van der Waals surface area contributed by atoms with Crippen LogP contribution in [0.4, 0.5) is 0 Å². The summed E-state index contributed by atoms with van der Waals surface area (Å²) in [5.74, 6) is -1.22. The Morgan fingerprint density at radius 1 is 1.16 bits per heavy atom. The molecule has 182 valence electrons.